The maximum atomic E-state index is 12.5. The van der Waals surface area contributed by atoms with Gasteiger partial charge in [-0.2, -0.15) is 0 Å². The van der Waals surface area contributed by atoms with E-state index in [4.69, 9.17) is 4.74 Å². The van der Waals surface area contributed by atoms with E-state index in [0.29, 0.717) is 29.5 Å². The molecule has 2 aromatic carbocycles. The van der Waals surface area contributed by atoms with Gasteiger partial charge in [-0.25, -0.2) is 0 Å². The van der Waals surface area contributed by atoms with Gasteiger partial charge in [0.1, 0.15) is 5.75 Å². The number of anilines is 2. The second kappa shape index (κ2) is 8.39. The van der Waals surface area contributed by atoms with Crippen LogP contribution in [0.15, 0.2) is 48.5 Å². The van der Waals surface area contributed by atoms with Crippen LogP contribution in [-0.4, -0.2) is 26.1 Å². The summed E-state index contributed by atoms with van der Waals surface area (Å²) < 4.78 is 5.78. The topological polar surface area (TPSA) is 41.6 Å². The number of para-hydroxylation sites is 2. The Labute approximate surface area is 144 Å². The minimum absolute atomic E-state index is 0.138. The Morgan fingerprint density at radius 2 is 1.79 bits per heavy atom. The highest BCUT2D eigenvalue weighted by Gasteiger charge is 2.10. The largest absolute Gasteiger partial charge is 0.491 e. The average Bonchev–Trinajstić information content (AvgIpc) is 2.60. The first-order valence-corrected chi connectivity index (χ1v) is 8.35. The molecule has 0 unspecified atom stereocenters. The number of nitrogens with one attached hydrogen (secondary N) is 1. The molecule has 2 aromatic rings. The summed E-state index contributed by atoms with van der Waals surface area (Å²) >= 11 is 0. The van der Waals surface area contributed by atoms with Crippen LogP contribution in [-0.2, 0) is 0 Å². The van der Waals surface area contributed by atoms with Crippen molar-refractivity contribution in [1.29, 1.82) is 0 Å². The molecule has 1 amide bonds. The van der Waals surface area contributed by atoms with Gasteiger partial charge in [0.15, 0.2) is 0 Å². The predicted octanol–water partition coefficient (Wildman–Crippen LogP) is 4.43. The quantitative estimate of drug-likeness (QED) is 0.818. The van der Waals surface area contributed by atoms with Crippen molar-refractivity contribution in [1.82, 2.24) is 0 Å². The Morgan fingerprint density at radius 3 is 2.42 bits per heavy atom. The van der Waals surface area contributed by atoms with E-state index in [1.165, 1.54) is 0 Å². The molecule has 0 aromatic heterocycles. The first-order chi connectivity index (χ1) is 11.5. The molecule has 4 nitrogen and oxygen atoms in total. The average molecular weight is 326 g/mol. The Balaban J connectivity index is 2.09. The van der Waals surface area contributed by atoms with Crippen LogP contribution in [0.4, 0.5) is 11.4 Å². The third kappa shape index (κ3) is 4.75. The van der Waals surface area contributed by atoms with Crippen LogP contribution in [0.3, 0.4) is 0 Å². The highest BCUT2D eigenvalue weighted by molar-refractivity contribution is 6.05. The first-order valence-electron chi connectivity index (χ1n) is 8.35. The summed E-state index contributed by atoms with van der Waals surface area (Å²) in [7, 11) is 2.03. The van der Waals surface area contributed by atoms with Crippen molar-refractivity contribution in [3.8, 4) is 5.75 Å². The van der Waals surface area contributed by atoms with E-state index in [9.17, 15) is 4.79 Å². The van der Waals surface area contributed by atoms with Crippen LogP contribution in [0.1, 0.15) is 31.1 Å². The van der Waals surface area contributed by atoms with Crippen molar-refractivity contribution < 1.29 is 9.53 Å². The van der Waals surface area contributed by atoms with Gasteiger partial charge in [-0.05, 0) is 49.2 Å². The van der Waals surface area contributed by atoms with Gasteiger partial charge in [0.2, 0.25) is 0 Å². The van der Waals surface area contributed by atoms with Crippen LogP contribution in [0.2, 0.25) is 0 Å². The zero-order chi connectivity index (χ0) is 17.5. The number of rotatable bonds is 7. The second-order valence-electron chi connectivity index (χ2n) is 6.22. The number of carbonyl (C=O) groups excluding carboxylic acids is 1. The highest BCUT2D eigenvalue weighted by atomic mass is 16.5. The molecule has 1 N–H and O–H groups in total. The number of amides is 1. The van der Waals surface area contributed by atoms with Crippen LogP contribution in [0, 0.1) is 5.92 Å². The van der Waals surface area contributed by atoms with Crippen LogP contribution >= 0.6 is 0 Å². The molecular weight excluding hydrogens is 300 g/mol. The van der Waals surface area contributed by atoms with Gasteiger partial charge in [-0.15, -0.1) is 0 Å². The minimum Gasteiger partial charge on any atom is -0.491 e. The molecule has 0 fully saturated rings. The van der Waals surface area contributed by atoms with Crippen LogP contribution in [0.5, 0.6) is 5.75 Å². The van der Waals surface area contributed by atoms with E-state index in [0.717, 1.165) is 12.2 Å². The lowest BCUT2D eigenvalue weighted by atomic mass is 10.1. The Kier molecular flexibility index (Phi) is 6.24. The van der Waals surface area contributed by atoms with Gasteiger partial charge >= 0.3 is 0 Å². The zero-order valence-corrected chi connectivity index (χ0v) is 14.9. The lowest BCUT2D eigenvalue weighted by molar-refractivity contribution is 0.102. The third-order valence-electron chi connectivity index (χ3n) is 3.75. The van der Waals surface area contributed by atoms with Gasteiger partial charge in [0.05, 0.1) is 12.3 Å². The Hall–Kier alpha value is -2.49. The molecule has 0 aliphatic rings. The highest BCUT2D eigenvalue weighted by Crippen LogP contribution is 2.25. The number of hydrogen-bond donors (Lipinski definition) is 1. The second-order valence-corrected chi connectivity index (χ2v) is 6.22. The molecule has 0 spiro atoms. The third-order valence-corrected chi connectivity index (χ3v) is 3.75. The molecule has 4 heteroatoms. The first kappa shape index (κ1) is 17.9. The summed E-state index contributed by atoms with van der Waals surface area (Å²) in [5.74, 6) is 0.986. The van der Waals surface area contributed by atoms with Crippen molar-refractivity contribution in [2.24, 2.45) is 5.92 Å². The van der Waals surface area contributed by atoms with E-state index in [1.54, 1.807) is 0 Å². The fourth-order valence-corrected chi connectivity index (χ4v) is 2.20. The summed E-state index contributed by atoms with van der Waals surface area (Å²) in [4.78, 5) is 14.6. The van der Waals surface area contributed by atoms with Crippen molar-refractivity contribution in [3.63, 3.8) is 0 Å². The fraction of sp³-hybridized carbons (Fsp3) is 0.350. The molecule has 0 heterocycles. The van der Waals surface area contributed by atoms with E-state index in [1.807, 2.05) is 55.6 Å². The van der Waals surface area contributed by atoms with Crippen LogP contribution < -0.4 is 15.0 Å². The number of carbonyl (C=O) groups is 1. The molecule has 0 radical (unpaired) electrons. The summed E-state index contributed by atoms with van der Waals surface area (Å²) in [6.07, 6.45) is 0. The van der Waals surface area contributed by atoms with Crippen LogP contribution in [0.25, 0.3) is 0 Å². The van der Waals surface area contributed by atoms with Gasteiger partial charge in [-0.1, -0.05) is 26.0 Å². The Morgan fingerprint density at radius 1 is 1.12 bits per heavy atom. The number of benzene rings is 2. The maximum Gasteiger partial charge on any atom is 0.255 e. The van der Waals surface area contributed by atoms with Gasteiger partial charge < -0.3 is 15.0 Å². The van der Waals surface area contributed by atoms with Gasteiger partial charge in [-0.3, -0.25) is 4.79 Å². The number of nitrogens with zero attached hydrogens (tertiary/aromatic N) is 1. The summed E-state index contributed by atoms with van der Waals surface area (Å²) in [6.45, 7) is 7.82. The minimum atomic E-state index is -0.138. The monoisotopic (exact) mass is 326 g/mol. The predicted molar refractivity (Wildman–Crippen MR) is 100 cm³/mol. The van der Waals surface area contributed by atoms with Crippen molar-refractivity contribution in [2.75, 3.05) is 30.4 Å². The van der Waals surface area contributed by atoms with E-state index in [-0.39, 0.29) is 5.91 Å². The smallest absolute Gasteiger partial charge is 0.255 e. The molecule has 0 aliphatic carbocycles. The summed E-state index contributed by atoms with van der Waals surface area (Å²) in [5.41, 5.74) is 2.41. The lowest BCUT2D eigenvalue weighted by Gasteiger charge is -2.17. The maximum absolute atomic E-state index is 12.5. The van der Waals surface area contributed by atoms with E-state index in [2.05, 4.69) is 31.0 Å². The number of ether oxygens (including phenoxy) is 1. The fourth-order valence-electron chi connectivity index (χ4n) is 2.20. The van der Waals surface area contributed by atoms with Gasteiger partial charge in [0, 0.05) is 24.8 Å². The zero-order valence-electron chi connectivity index (χ0n) is 14.9. The van der Waals surface area contributed by atoms with Crippen molar-refractivity contribution >= 4 is 17.3 Å². The van der Waals surface area contributed by atoms with Crippen molar-refractivity contribution in [3.05, 3.63) is 54.1 Å². The van der Waals surface area contributed by atoms with Gasteiger partial charge in [0.25, 0.3) is 5.91 Å². The molecule has 128 valence electrons. The summed E-state index contributed by atoms with van der Waals surface area (Å²) in [6, 6.07) is 15.1. The van der Waals surface area contributed by atoms with E-state index < -0.39 is 0 Å². The van der Waals surface area contributed by atoms with Crippen molar-refractivity contribution in [2.45, 2.75) is 20.8 Å². The molecule has 0 aliphatic heterocycles. The standard InChI is InChI=1S/C20H26N2O2/c1-5-22(4)17-12-10-16(11-13-17)20(23)21-18-8-6-7-9-19(18)24-14-15(2)3/h6-13,15H,5,14H2,1-4H3,(H,21,23). The molecule has 0 bridgehead atoms. The normalized spacial score (nSPS) is 10.5. The summed E-state index contributed by atoms with van der Waals surface area (Å²) in [5, 5.41) is 2.94. The SMILES string of the molecule is CCN(C)c1ccc(C(=O)Nc2ccccc2OCC(C)C)cc1. The molecule has 0 atom stereocenters. The lowest BCUT2D eigenvalue weighted by Crippen LogP contribution is -2.17. The number of hydrogen-bond acceptors (Lipinski definition) is 3. The molecule has 0 saturated heterocycles. The van der Waals surface area contributed by atoms with E-state index >= 15 is 0 Å². The molecule has 0 saturated carbocycles. The Bertz CT molecular complexity index is 666. The molecule has 2 rings (SSSR count). The molecular formula is C20H26N2O2. The molecule has 24 heavy (non-hydrogen) atoms.